The van der Waals surface area contributed by atoms with E-state index in [9.17, 15) is 5.11 Å². The average Bonchev–Trinajstić information content (AvgIpc) is 2.98. The van der Waals surface area contributed by atoms with Crippen LogP contribution in [-0.2, 0) is 11.3 Å². The molecule has 2 N–H and O–H groups in total. The summed E-state index contributed by atoms with van der Waals surface area (Å²) in [6.07, 6.45) is 6.34. The van der Waals surface area contributed by atoms with Crippen molar-refractivity contribution in [2.75, 3.05) is 13.2 Å². The Labute approximate surface area is 127 Å². The highest BCUT2D eigenvalue weighted by molar-refractivity contribution is 4.96. The first-order valence-corrected chi connectivity index (χ1v) is 8.18. The Kier molecular flexibility index (Phi) is 6.74. The Balaban J connectivity index is 1.64. The summed E-state index contributed by atoms with van der Waals surface area (Å²) in [5.74, 6) is 2.23. The van der Waals surface area contributed by atoms with Gasteiger partial charge in [-0.3, -0.25) is 0 Å². The highest BCUT2D eigenvalue weighted by Crippen LogP contribution is 2.30. The van der Waals surface area contributed by atoms with Gasteiger partial charge in [0.15, 0.2) is 0 Å². The fraction of sp³-hybridized carbons (Fsp3) is 0.765. The number of ether oxygens (including phenoxy) is 1. The summed E-state index contributed by atoms with van der Waals surface area (Å²) < 4.78 is 10.7. The maximum Gasteiger partial charge on any atom is 0.129 e. The number of aliphatic hydroxyl groups excluding tert-OH is 1. The smallest absolute Gasteiger partial charge is 0.129 e. The van der Waals surface area contributed by atoms with E-state index in [2.05, 4.69) is 19.2 Å². The van der Waals surface area contributed by atoms with Gasteiger partial charge < -0.3 is 19.6 Å². The second-order valence-electron chi connectivity index (χ2n) is 6.46. The highest BCUT2D eigenvalue weighted by Gasteiger charge is 2.27. The molecule has 0 bridgehead atoms. The third kappa shape index (κ3) is 5.46. The van der Waals surface area contributed by atoms with E-state index in [-0.39, 0.29) is 0 Å². The van der Waals surface area contributed by atoms with Gasteiger partial charge in [0.05, 0.1) is 19.0 Å². The number of hydrogen-bond acceptors (Lipinski definition) is 4. The minimum atomic E-state index is -0.463. The summed E-state index contributed by atoms with van der Waals surface area (Å²) >= 11 is 0. The maximum atomic E-state index is 10.0. The van der Waals surface area contributed by atoms with Crippen LogP contribution >= 0.6 is 0 Å². The molecule has 1 aromatic heterocycles. The van der Waals surface area contributed by atoms with Crippen molar-refractivity contribution in [3.05, 3.63) is 24.2 Å². The molecule has 21 heavy (non-hydrogen) atoms. The van der Waals surface area contributed by atoms with Gasteiger partial charge in [0.25, 0.3) is 0 Å². The van der Waals surface area contributed by atoms with E-state index >= 15 is 0 Å². The Morgan fingerprint density at radius 2 is 2.19 bits per heavy atom. The summed E-state index contributed by atoms with van der Waals surface area (Å²) in [4.78, 5) is 0. The van der Waals surface area contributed by atoms with Gasteiger partial charge in [0, 0.05) is 12.6 Å². The molecule has 0 radical (unpaired) electrons. The van der Waals surface area contributed by atoms with Crippen LogP contribution in [0, 0.1) is 11.8 Å². The van der Waals surface area contributed by atoms with Crippen LogP contribution < -0.4 is 5.32 Å². The first kappa shape index (κ1) is 16.5. The van der Waals surface area contributed by atoms with E-state index in [1.165, 1.54) is 25.7 Å². The van der Waals surface area contributed by atoms with E-state index in [0.29, 0.717) is 31.7 Å². The monoisotopic (exact) mass is 295 g/mol. The van der Waals surface area contributed by atoms with Crippen molar-refractivity contribution in [2.24, 2.45) is 11.8 Å². The van der Waals surface area contributed by atoms with E-state index in [1.54, 1.807) is 6.26 Å². The molecule has 0 saturated heterocycles. The largest absolute Gasteiger partial charge is 0.467 e. The van der Waals surface area contributed by atoms with Crippen molar-refractivity contribution in [1.82, 2.24) is 5.32 Å². The fourth-order valence-corrected chi connectivity index (χ4v) is 3.25. The molecular formula is C17H29NO3. The summed E-state index contributed by atoms with van der Waals surface area (Å²) in [5.41, 5.74) is 0. The zero-order valence-corrected chi connectivity index (χ0v) is 13.3. The van der Waals surface area contributed by atoms with Crippen LogP contribution in [-0.4, -0.2) is 30.4 Å². The van der Waals surface area contributed by atoms with Crippen molar-refractivity contribution < 1.29 is 14.3 Å². The van der Waals surface area contributed by atoms with Crippen molar-refractivity contribution in [2.45, 2.75) is 58.3 Å². The fourth-order valence-electron chi connectivity index (χ4n) is 3.25. The van der Waals surface area contributed by atoms with E-state index < -0.39 is 6.10 Å². The van der Waals surface area contributed by atoms with Gasteiger partial charge in [0.2, 0.25) is 0 Å². The Hall–Kier alpha value is -0.840. The molecule has 0 amide bonds. The molecule has 1 aromatic rings. The van der Waals surface area contributed by atoms with Crippen molar-refractivity contribution >= 4 is 0 Å². The molecule has 0 spiro atoms. The van der Waals surface area contributed by atoms with Crippen molar-refractivity contribution in [3.63, 3.8) is 0 Å². The predicted octanol–water partition coefficient (Wildman–Crippen LogP) is 2.96. The molecule has 2 rings (SSSR count). The summed E-state index contributed by atoms with van der Waals surface area (Å²) in [5, 5.41) is 13.6. The van der Waals surface area contributed by atoms with Gasteiger partial charge in [-0.15, -0.1) is 0 Å². The van der Waals surface area contributed by atoms with Gasteiger partial charge >= 0.3 is 0 Å². The number of furan rings is 1. The average molecular weight is 295 g/mol. The SMILES string of the molecule is CC(C)C1CCCCC1NCC(O)COCc1ccco1. The predicted molar refractivity (Wildman–Crippen MR) is 83.0 cm³/mol. The van der Waals surface area contributed by atoms with Crippen molar-refractivity contribution in [1.29, 1.82) is 0 Å². The second-order valence-corrected chi connectivity index (χ2v) is 6.46. The van der Waals surface area contributed by atoms with E-state index in [0.717, 1.165) is 11.7 Å². The Morgan fingerprint density at radius 1 is 1.38 bits per heavy atom. The molecule has 120 valence electrons. The van der Waals surface area contributed by atoms with Crippen LogP contribution in [0.25, 0.3) is 0 Å². The van der Waals surface area contributed by atoms with Crippen molar-refractivity contribution in [3.8, 4) is 0 Å². The van der Waals surface area contributed by atoms with Gasteiger partial charge in [-0.2, -0.15) is 0 Å². The zero-order chi connectivity index (χ0) is 15.1. The molecule has 1 aliphatic rings. The Bertz CT molecular complexity index is 377. The topological polar surface area (TPSA) is 54.6 Å². The molecular weight excluding hydrogens is 266 g/mol. The van der Waals surface area contributed by atoms with Crippen LogP contribution in [0.15, 0.2) is 22.8 Å². The quantitative estimate of drug-likeness (QED) is 0.774. The summed E-state index contributed by atoms with van der Waals surface area (Å²) in [6, 6.07) is 4.25. The number of aliphatic hydroxyl groups is 1. The molecule has 1 fully saturated rings. The Morgan fingerprint density at radius 3 is 2.90 bits per heavy atom. The van der Waals surface area contributed by atoms with Gasteiger partial charge in [-0.05, 0) is 36.8 Å². The molecule has 3 atom stereocenters. The lowest BCUT2D eigenvalue weighted by Crippen LogP contribution is -2.44. The maximum absolute atomic E-state index is 10.0. The van der Waals surface area contributed by atoms with Crippen LogP contribution in [0.5, 0.6) is 0 Å². The number of rotatable bonds is 8. The molecule has 3 unspecified atom stereocenters. The second kappa shape index (κ2) is 8.57. The van der Waals surface area contributed by atoms with Crippen LogP contribution in [0.4, 0.5) is 0 Å². The number of nitrogens with one attached hydrogen (secondary N) is 1. The summed E-state index contributed by atoms with van der Waals surface area (Å²) in [6.45, 7) is 5.96. The lowest BCUT2D eigenvalue weighted by Gasteiger charge is -2.35. The van der Waals surface area contributed by atoms with Gasteiger partial charge in [-0.25, -0.2) is 0 Å². The molecule has 0 aliphatic heterocycles. The van der Waals surface area contributed by atoms with Crippen LogP contribution in [0.3, 0.4) is 0 Å². The molecule has 4 heteroatoms. The lowest BCUT2D eigenvalue weighted by atomic mass is 9.78. The van der Waals surface area contributed by atoms with Gasteiger partial charge in [0.1, 0.15) is 12.4 Å². The standard InChI is InChI=1S/C17H29NO3/c1-13(2)16-7-3-4-8-17(16)18-10-14(19)11-20-12-15-6-5-9-21-15/h5-6,9,13-14,16-19H,3-4,7-8,10-12H2,1-2H3. The molecule has 4 nitrogen and oxygen atoms in total. The third-order valence-corrected chi connectivity index (χ3v) is 4.43. The molecule has 0 aromatic carbocycles. The molecule has 1 heterocycles. The molecule has 1 aliphatic carbocycles. The molecule has 1 saturated carbocycles. The zero-order valence-electron chi connectivity index (χ0n) is 13.3. The van der Waals surface area contributed by atoms with E-state index in [1.807, 2.05) is 12.1 Å². The minimum Gasteiger partial charge on any atom is -0.467 e. The van der Waals surface area contributed by atoms with E-state index in [4.69, 9.17) is 9.15 Å². The third-order valence-electron chi connectivity index (χ3n) is 4.43. The number of hydrogen-bond donors (Lipinski definition) is 2. The van der Waals surface area contributed by atoms with Crippen LogP contribution in [0.2, 0.25) is 0 Å². The normalized spacial score (nSPS) is 24.4. The first-order valence-electron chi connectivity index (χ1n) is 8.18. The lowest BCUT2D eigenvalue weighted by molar-refractivity contribution is 0.0191. The minimum absolute atomic E-state index is 0.340. The first-order chi connectivity index (χ1) is 10.2. The van der Waals surface area contributed by atoms with Gasteiger partial charge in [-0.1, -0.05) is 26.7 Å². The van der Waals surface area contributed by atoms with Crippen LogP contribution in [0.1, 0.15) is 45.3 Å². The highest BCUT2D eigenvalue weighted by atomic mass is 16.5. The summed E-state index contributed by atoms with van der Waals surface area (Å²) in [7, 11) is 0.